The SMILES string of the molecule is COc1ccc(C(=O)N(C)C)cc1NC(=O)Cc1cn(-c2ccccc2)nc1-c1ccc([N+](=O)[O-])cc1. The number of nitrogens with zero attached hydrogens (tertiary/aromatic N) is 4. The quantitative estimate of drug-likeness (QED) is 0.285. The summed E-state index contributed by atoms with van der Waals surface area (Å²) in [7, 11) is 4.78. The Bertz CT molecular complexity index is 1450. The average Bonchev–Trinajstić information content (AvgIpc) is 3.32. The molecule has 0 aliphatic carbocycles. The molecule has 0 saturated carbocycles. The fraction of sp³-hybridized carbons (Fsp3) is 0.148. The second-order valence-electron chi connectivity index (χ2n) is 8.43. The third-order valence-corrected chi connectivity index (χ3v) is 5.64. The Labute approximate surface area is 213 Å². The number of ether oxygens (including phenoxy) is 1. The maximum absolute atomic E-state index is 13.1. The summed E-state index contributed by atoms with van der Waals surface area (Å²) in [6.45, 7) is 0. The van der Waals surface area contributed by atoms with E-state index < -0.39 is 4.92 Å². The Hall–Kier alpha value is -4.99. The molecular weight excluding hydrogens is 474 g/mol. The number of benzene rings is 3. The van der Waals surface area contributed by atoms with Gasteiger partial charge in [0.2, 0.25) is 5.91 Å². The first kappa shape index (κ1) is 25.1. The Morgan fingerprint density at radius 2 is 1.76 bits per heavy atom. The number of nitro groups is 1. The van der Waals surface area contributed by atoms with Crippen molar-refractivity contribution in [2.45, 2.75) is 6.42 Å². The highest BCUT2D eigenvalue weighted by Crippen LogP contribution is 2.29. The molecule has 37 heavy (non-hydrogen) atoms. The van der Waals surface area contributed by atoms with Gasteiger partial charge < -0.3 is 15.0 Å². The van der Waals surface area contributed by atoms with E-state index >= 15 is 0 Å². The van der Waals surface area contributed by atoms with Crippen LogP contribution in [0, 0.1) is 10.1 Å². The number of hydrogen-bond donors (Lipinski definition) is 1. The fourth-order valence-electron chi connectivity index (χ4n) is 3.80. The molecule has 1 N–H and O–H groups in total. The third kappa shape index (κ3) is 5.64. The molecule has 0 saturated heterocycles. The van der Waals surface area contributed by atoms with Crippen LogP contribution in [0.4, 0.5) is 11.4 Å². The first-order valence-corrected chi connectivity index (χ1v) is 11.3. The second kappa shape index (κ2) is 10.7. The van der Waals surface area contributed by atoms with Crippen molar-refractivity contribution in [3.05, 3.63) is 100 Å². The largest absolute Gasteiger partial charge is 0.495 e. The van der Waals surface area contributed by atoms with Crippen LogP contribution >= 0.6 is 0 Å². The molecule has 0 aliphatic heterocycles. The standard InChI is InChI=1S/C27H25N5O5/c1-30(2)27(34)19-11-14-24(37-3)23(15-19)28-25(33)16-20-17-31(21-7-5-4-6-8-21)29-26(20)18-9-12-22(13-10-18)32(35)36/h4-15,17H,16H2,1-3H3,(H,28,33). The lowest BCUT2D eigenvalue weighted by Gasteiger charge is -2.14. The van der Waals surface area contributed by atoms with Crippen molar-refractivity contribution in [3.63, 3.8) is 0 Å². The van der Waals surface area contributed by atoms with Gasteiger partial charge in [0.1, 0.15) is 5.75 Å². The zero-order valence-corrected chi connectivity index (χ0v) is 20.5. The number of nitrogens with one attached hydrogen (secondary N) is 1. The van der Waals surface area contributed by atoms with Crippen molar-refractivity contribution in [2.75, 3.05) is 26.5 Å². The number of methoxy groups -OCH3 is 1. The molecule has 0 bridgehead atoms. The van der Waals surface area contributed by atoms with Gasteiger partial charge in [-0.25, -0.2) is 4.68 Å². The maximum atomic E-state index is 13.1. The molecule has 10 heteroatoms. The van der Waals surface area contributed by atoms with Crippen molar-refractivity contribution < 1.29 is 19.2 Å². The number of anilines is 1. The van der Waals surface area contributed by atoms with E-state index in [1.54, 1.807) is 55.3 Å². The number of rotatable bonds is 8. The molecule has 0 spiro atoms. The summed E-state index contributed by atoms with van der Waals surface area (Å²) in [5.74, 6) is -0.134. The lowest BCUT2D eigenvalue weighted by Crippen LogP contribution is -2.22. The molecule has 4 aromatic rings. The van der Waals surface area contributed by atoms with Crippen LogP contribution in [-0.2, 0) is 11.2 Å². The highest BCUT2D eigenvalue weighted by Gasteiger charge is 2.19. The Morgan fingerprint density at radius 3 is 2.38 bits per heavy atom. The molecule has 3 aromatic carbocycles. The second-order valence-corrected chi connectivity index (χ2v) is 8.43. The lowest BCUT2D eigenvalue weighted by molar-refractivity contribution is -0.384. The van der Waals surface area contributed by atoms with Crippen LogP contribution in [0.2, 0.25) is 0 Å². The van der Waals surface area contributed by atoms with Crippen molar-refractivity contribution in [1.82, 2.24) is 14.7 Å². The first-order chi connectivity index (χ1) is 17.8. The summed E-state index contributed by atoms with van der Waals surface area (Å²) in [5, 5.41) is 18.6. The van der Waals surface area contributed by atoms with Crippen LogP contribution in [0.5, 0.6) is 5.75 Å². The van der Waals surface area contributed by atoms with E-state index in [4.69, 9.17) is 4.74 Å². The lowest BCUT2D eigenvalue weighted by atomic mass is 10.1. The van der Waals surface area contributed by atoms with Gasteiger partial charge in [-0.05, 0) is 42.5 Å². The number of hydrogen-bond acceptors (Lipinski definition) is 6. The van der Waals surface area contributed by atoms with E-state index in [1.165, 1.54) is 24.1 Å². The van der Waals surface area contributed by atoms with E-state index in [0.29, 0.717) is 33.8 Å². The Morgan fingerprint density at radius 1 is 1.05 bits per heavy atom. The first-order valence-electron chi connectivity index (χ1n) is 11.3. The number of nitro benzene ring substituents is 1. The van der Waals surface area contributed by atoms with Gasteiger partial charge in [-0.1, -0.05) is 18.2 Å². The van der Waals surface area contributed by atoms with Crippen molar-refractivity contribution in [2.24, 2.45) is 0 Å². The van der Waals surface area contributed by atoms with Crippen LogP contribution in [-0.4, -0.2) is 52.6 Å². The van der Waals surface area contributed by atoms with Gasteiger partial charge in [-0.15, -0.1) is 0 Å². The highest BCUT2D eigenvalue weighted by atomic mass is 16.6. The van der Waals surface area contributed by atoms with Gasteiger partial charge in [-0.2, -0.15) is 5.10 Å². The number of carbonyl (C=O) groups is 2. The normalized spacial score (nSPS) is 10.6. The Balaban J connectivity index is 1.66. The summed E-state index contributed by atoms with van der Waals surface area (Å²) in [6.07, 6.45) is 1.73. The highest BCUT2D eigenvalue weighted by molar-refractivity contribution is 5.99. The molecule has 1 heterocycles. The van der Waals surface area contributed by atoms with Crippen molar-refractivity contribution >= 4 is 23.2 Å². The predicted octanol–water partition coefficient (Wildman–Crippen LogP) is 4.34. The zero-order chi connectivity index (χ0) is 26.5. The minimum atomic E-state index is -0.469. The van der Waals surface area contributed by atoms with Gasteiger partial charge in [0.25, 0.3) is 11.6 Å². The minimum Gasteiger partial charge on any atom is -0.495 e. The molecule has 0 atom stereocenters. The van der Waals surface area contributed by atoms with Crippen LogP contribution < -0.4 is 10.1 Å². The maximum Gasteiger partial charge on any atom is 0.269 e. The Kier molecular flexibility index (Phi) is 7.28. The molecule has 2 amide bonds. The molecule has 0 radical (unpaired) electrons. The molecule has 188 valence electrons. The number of carbonyl (C=O) groups excluding carboxylic acids is 2. The van der Waals surface area contributed by atoms with E-state index in [9.17, 15) is 19.7 Å². The van der Waals surface area contributed by atoms with Crippen LogP contribution in [0.1, 0.15) is 15.9 Å². The number of aromatic nitrogens is 2. The summed E-state index contributed by atoms with van der Waals surface area (Å²) in [5.41, 5.74) is 3.32. The zero-order valence-electron chi connectivity index (χ0n) is 20.5. The van der Waals surface area contributed by atoms with Gasteiger partial charge in [0, 0.05) is 49.1 Å². The van der Waals surface area contributed by atoms with Crippen LogP contribution in [0.15, 0.2) is 79.0 Å². The molecule has 10 nitrogen and oxygen atoms in total. The summed E-state index contributed by atoms with van der Waals surface area (Å²) < 4.78 is 7.03. The van der Waals surface area contributed by atoms with E-state index in [0.717, 1.165) is 5.69 Å². The molecule has 1 aromatic heterocycles. The fourth-order valence-corrected chi connectivity index (χ4v) is 3.80. The summed E-state index contributed by atoms with van der Waals surface area (Å²) in [4.78, 5) is 37.6. The van der Waals surface area contributed by atoms with Crippen LogP contribution in [0.3, 0.4) is 0 Å². The predicted molar refractivity (Wildman–Crippen MR) is 139 cm³/mol. The average molecular weight is 500 g/mol. The smallest absolute Gasteiger partial charge is 0.269 e. The molecule has 0 fully saturated rings. The molecule has 0 unspecified atom stereocenters. The number of non-ortho nitro benzene ring substituents is 1. The van der Waals surface area contributed by atoms with E-state index in [2.05, 4.69) is 10.4 Å². The van der Waals surface area contributed by atoms with Gasteiger partial charge in [0.05, 0.1) is 35.5 Å². The molecular formula is C27H25N5O5. The minimum absolute atomic E-state index is 0.0336. The van der Waals surface area contributed by atoms with Gasteiger partial charge in [-0.3, -0.25) is 19.7 Å². The van der Waals surface area contributed by atoms with Crippen molar-refractivity contribution in [1.29, 1.82) is 0 Å². The third-order valence-electron chi connectivity index (χ3n) is 5.64. The summed E-state index contributed by atoms with van der Waals surface area (Å²) in [6, 6.07) is 20.3. The van der Waals surface area contributed by atoms with Gasteiger partial charge in [0.15, 0.2) is 0 Å². The van der Waals surface area contributed by atoms with Crippen LogP contribution in [0.25, 0.3) is 16.9 Å². The number of para-hydroxylation sites is 1. The monoisotopic (exact) mass is 499 g/mol. The topological polar surface area (TPSA) is 120 Å². The van der Waals surface area contributed by atoms with E-state index in [1.807, 2.05) is 30.3 Å². The molecule has 0 aliphatic rings. The molecule has 4 rings (SSSR count). The van der Waals surface area contributed by atoms with Crippen molar-refractivity contribution in [3.8, 4) is 22.7 Å². The van der Waals surface area contributed by atoms with E-state index in [-0.39, 0.29) is 23.9 Å². The van der Waals surface area contributed by atoms with Gasteiger partial charge >= 0.3 is 0 Å². The summed E-state index contributed by atoms with van der Waals surface area (Å²) >= 11 is 0. The number of amides is 2.